The molecule has 0 aliphatic rings. The summed E-state index contributed by atoms with van der Waals surface area (Å²) >= 11 is 1.60. The third-order valence-electron chi connectivity index (χ3n) is 5.57. The average Bonchev–Trinajstić information content (AvgIpc) is 2.74. The van der Waals surface area contributed by atoms with E-state index in [1.807, 2.05) is 58.0 Å². The number of hydrogen-bond acceptors (Lipinski definition) is 3. The van der Waals surface area contributed by atoms with Crippen LogP contribution in [-0.2, 0) is 21.9 Å². The molecule has 0 radical (unpaired) electrons. The van der Waals surface area contributed by atoms with Gasteiger partial charge in [0.15, 0.2) is 0 Å². The Morgan fingerprint density at radius 1 is 1.03 bits per heavy atom. The summed E-state index contributed by atoms with van der Waals surface area (Å²) in [5.41, 5.74) is 4.64. The van der Waals surface area contributed by atoms with Gasteiger partial charge in [0.1, 0.15) is 6.04 Å². The predicted octanol–water partition coefficient (Wildman–Crippen LogP) is 5.26. The van der Waals surface area contributed by atoms with Crippen LogP contribution in [-0.4, -0.2) is 34.6 Å². The van der Waals surface area contributed by atoms with E-state index in [4.69, 9.17) is 0 Å². The first-order chi connectivity index (χ1) is 14.8. The highest BCUT2D eigenvalue weighted by Gasteiger charge is 2.29. The monoisotopic (exact) mass is 440 g/mol. The second kappa shape index (κ2) is 12.6. The van der Waals surface area contributed by atoms with Gasteiger partial charge in [-0.1, -0.05) is 67.9 Å². The van der Waals surface area contributed by atoms with Crippen LogP contribution in [0.2, 0.25) is 0 Å². The van der Waals surface area contributed by atoms with Crippen molar-refractivity contribution >= 4 is 23.6 Å². The second-order valence-corrected chi connectivity index (χ2v) is 9.16. The van der Waals surface area contributed by atoms with Gasteiger partial charge in [0, 0.05) is 18.3 Å². The molecule has 0 bridgehead atoms. The molecule has 0 aromatic heterocycles. The molecule has 2 aromatic rings. The smallest absolute Gasteiger partial charge is 0.243 e. The van der Waals surface area contributed by atoms with Crippen molar-refractivity contribution in [2.45, 2.75) is 71.8 Å². The maximum atomic E-state index is 13.3. The Hall–Kier alpha value is -2.27. The molecular weight excluding hydrogens is 404 g/mol. The Labute approximate surface area is 191 Å². The van der Waals surface area contributed by atoms with E-state index in [9.17, 15) is 9.59 Å². The molecule has 0 heterocycles. The molecule has 2 atom stereocenters. The van der Waals surface area contributed by atoms with Gasteiger partial charge in [0.2, 0.25) is 11.8 Å². The van der Waals surface area contributed by atoms with Crippen LogP contribution in [0, 0.1) is 13.8 Å². The summed E-state index contributed by atoms with van der Waals surface area (Å²) in [5.74, 6) is 1.07. The van der Waals surface area contributed by atoms with E-state index in [0.29, 0.717) is 18.7 Å². The molecule has 0 aliphatic heterocycles. The topological polar surface area (TPSA) is 49.4 Å². The van der Waals surface area contributed by atoms with Gasteiger partial charge in [0.25, 0.3) is 0 Å². The molecule has 4 nitrogen and oxygen atoms in total. The lowest BCUT2D eigenvalue weighted by Gasteiger charge is -2.32. The van der Waals surface area contributed by atoms with Crippen LogP contribution in [0.25, 0.3) is 0 Å². The predicted molar refractivity (Wildman–Crippen MR) is 131 cm³/mol. The third-order valence-corrected chi connectivity index (χ3v) is 6.55. The number of benzene rings is 2. The van der Waals surface area contributed by atoms with Crippen LogP contribution in [0.5, 0.6) is 0 Å². The number of aryl methyl sites for hydroxylation is 2. The van der Waals surface area contributed by atoms with Gasteiger partial charge in [-0.15, -0.1) is 11.8 Å². The minimum Gasteiger partial charge on any atom is -0.352 e. The van der Waals surface area contributed by atoms with Crippen molar-refractivity contribution in [1.29, 1.82) is 0 Å². The summed E-state index contributed by atoms with van der Waals surface area (Å²) in [7, 11) is 0. The van der Waals surface area contributed by atoms with Gasteiger partial charge in [0.05, 0.1) is 5.75 Å². The van der Waals surface area contributed by atoms with Crippen molar-refractivity contribution in [3.05, 3.63) is 70.8 Å². The Kier molecular flexibility index (Phi) is 10.1. The average molecular weight is 441 g/mol. The van der Waals surface area contributed by atoms with E-state index in [2.05, 4.69) is 30.4 Å². The fraction of sp³-hybridized carbons (Fsp3) is 0.462. The SMILES string of the molecule is CCC(C)NC(=O)C(CC)N(Cc1ccccc1C)C(=O)CSCc1cccc(C)c1. The summed E-state index contributed by atoms with van der Waals surface area (Å²) in [6.07, 6.45) is 1.45. The van der Waals surface area contributed by atoms with E-state index >= 15 is 0 Å². The first kappa shape index (κ1) is 25.0. The molecule has 5 heteroatoms. The van der Waals surface area contributed by atoms with Crippen molar-refractivity contribution in [2.75, 3.05) is 5.75 Å². The molecule has 0 saturated carbocycles. The third kappa shape index (κ3) is 7.73. The minimum atomic E-state index is -0.472. The van der Waals surface area contributed by atoms with Crippen LogP contribution in [0.1, 0.15) is 55.9 Å². The fourth-order valence-corrected chi connectivity index (χ4v) is 4.33. The number of rotatable bonds is 11. The summed E-state index contributed by atoms with van der Waals surface area (Å²) in [6, 6.07) is 16.0. The lowest BCUT2D eigenvalue weighted by atomic mass is 10.1. The number of thioether (sulfide) groups is 1. The standard InChI is InChI=1S/C26H36N2O2S/c1-6-21(5)27-26(30)24(7-2)28(16-23-14-9-8-12-20(23)4)25(29)18-31-17-22-13-10-11-19(3)15-22/h8-15,21,24H,6-7,16-18H2,1-5H3,(H,27,30). The van der Waals surface area contributed by atoms with Crippen molar-refractivity contribution in [2.24, 2.45) is 0 Å². The Morgan fingerprint density at radius 2 is 1.77 bits per heavy atom. The first-order valence-corrected chi connectivity index (χ1v) is 12.3. The molecule has 2 unspecified atom stereocenters. The Bertz CT molecular complexity index is 868. The molecule has 1 N–H and O–H groups in total. The number of hydrogen-bond donors (Lipinski definition) is 1. The van der Waals surface area contributed by atoms with Gasteiger partial charge in [-0.25, -0.2) is 0 Å². The molecule has 0 aliphatic carbocycles. The van der Waals surface area contributed by atoms with Crippen molar-refractivity contribution in [3.8, 4) is 0 Å². The quantitative estimate of drug-likeness (QED) is 0.519. The van der Waals surface area contributed by atoms with E-state index in [-0.39, 0.29) is 17.9 Å². The Balaban J connectivity index is 2.15. The van der Waals surface area contributed by atoms with Gasteiger partial charge in [-0.2, -0.15) is 0 Å². The van der Waals surface area contributed by atoms with Gasteiger partial charge < -0.3 is 10.2 Å². The molecule has 0 fully saturated rings. The highest BCUT2D eigenvalue weighted by Crippen LogP contribution is 2.19. The van der Waals surface area contributed by atoms with Gasteiger partial charge in [-0.05, 0) is 50.3 Å². The summed E-state index contributed by atoms with van der Waals surface area (Å²) in [5, 5.41) is 3.06. The van der Waals surface area contributed by atoms with Crippen molar-refractivity contribution in [1.82, 2.24) is 10.2 Å². The lowest BCUT2D eigenvalue weighted by Crippen LogP contribution is -2.51. The number of carbonyl (C=O) groups excluding carboxylic acids is 2. The van der Waals surface area contributed by atoms with Crippen LogP contribution in [0.3, 0.4) is 0 Å². The van der Waals surface area contributed by atoms with E-state index in [0.717, 1.165) is 23.3 Å². The summed E-state index contributed by atoms with van der Waals surface area (Å²) in [6.45, 7) is 10.6. The molecule has 168 valence electrons. The molecular formula is C26H36N2O2S. The zero-order valence-electron chi connectivity index (χ0n) is 19.5. The highest BCUT2D eigenvalue weighted by atomic mass is 32.2. The zero-order chi connectivity index (χ0) is 22.8. The lowest BCUT2D eigenvalue weighted by molar-refractivity contribution is -0.139. The van der Waals surface area contributed by atoms with Crippen molar-refractivity contribution < 1.29 is 9.59 Å². The fourth-order valence-electron chi connectivity index (χ4n) is 3.47. The van der Waals surface area contributed by atoms with E-state index in [1.165, 1.54) is 11.1 Å². The molecule has 0 saturated heterocycles. The van der Waals surface area contributed by atoms with E-state index < -0.39 is 6.04 Å². The second-order valence-electron chi connectivity index (χ2n) is 8.17. The number of nitrogens with one attached hydrogen (secondary N) is 1. The normalized spacial score (nSPS) is 12.8. The van der Waals surface area contributed by atoms with Crippen LogP contribution < -0.4 is 5.32 Å². The first-order valence-electron chi connectivity index (χ1n) is 11.1. The van der Waals surface area contributed by atoms with Crippen molar-refractivity contribution in [3.63, 3.8) is 0 Å². The maximum absolute atomic E-state index is 13.3. The zero-order valence-corrected chi connectivity index (χ0v) is 20.3. The Morgan fingerprint density at radius 3 is 2.42 bits per heavy atom. The van der Waals surface area contributed by atoms with Crippen LogP contribution in [0.15, 0.2) is 48.5 Å². The highest BCUT2D eigenvalue weighted by molar-refractivity contribution is 7.99. The molecule has 2 aromatic carbocycles. The molecule has 0 spiro atoms. The van der Waals surface area contributed by atoms with Crippen LogP contribution in [0.4, 0.5) is 0 Å². The summed E-state index contributed by atoms with van der Waals surface area (Å²) < 4.78 is 0. The van der Waals surface area contributed by atoms with Gasteiger partial charge in [-0.3, -0.25) is 9.59 Å². The molecule has 31 heavy (non-hydrogen) atoms. The largest absolute Gasteiger partial charge is 0.352 e. The maximum Gasteiger partial charge on any atom is 0.243 e. The molecule has 2 amide bonds. The van der Waals surface area contributed by atoms with Crippen LogP contribution >= 0.6 is 11.8 Å². The minimum absolute atomic E-state index is 0.00653. The van der Waals surface area contributed by atoms with E-state index in [1.54, 1.807) is 16.7 Å². The molecule has 2 rings (SSSR count). The number of amides is 2. The summed E-state index contributed by atoms with van der Waals surface area (Å²) in [4.78, 5) is 28.1. The number of nitrogens with zero attached hydrogens (tertiary/aromatic N) is 1. The van der Waals surface area contributed by atoms with Gasteiger partial charge >= 0.3 is 0 Å². The number of carbonyl (C=O) groups is 2.